The molecule has 2 rings (SSSR count). The Morgan fingerprint density at radius 1 is 1.45 bits per heavy atom. The molecule has 7 heteroatoms. The van der Waals surface area contributed by atoms with Gasteiger partial charge < -0.3 is 11.1 Å². The maximum atomic E-state index is 13.6. The molecule has 1 amide bonds. The summed E-state index contributed by atoms with van der Waals surface area (Å²) in [6, 6.07) is 3.73. The Morgan fingerprint density at radius 2 is 2.20 bits per heavy atom. The Morgan fingerprint density at radius 3 is 2.85 bits per heavy atom. The summed E-state index contributed by atoms with van der Waals surface area (Å²) in [7, 11) is -3.00. The van der Waals surface area contributed by atoms with E-state index >= 15 is 0 Å². The molecular weight excluding hydrogens is 283 g/mol. The van der Waals surface area contributed by atoms with Crippen LogP contribution in [0.2, 0.25) is 0 Å². The van der Waals surface area contributed by atoms with Crippen LogP contribution in [-0.4, -0.2) is 31.9 Å². The second-order valence-corrected chi connectivity index (χ2v) is 7.23. The van der Waals surface area contributed by atoms with Gasteiger partial charge in [-0.1, -0.05) is 0 Å². The van der Waals surface area contributed by atoms with Crippen molar-refractivity contribution in [1.82, 2.24) is 5.32 Å². The lowest BCUT2D eigenvalue weighted by Crippen LogP contribution is -2.39. The molecule has 0 radical (unpaired) electrons. The van der Waals surface area contributed by atoms with Crippen molar-refractivity contribution in [3.63, 3.8) is 0 Å². The van der Waals surface area contributed by atoms with Crippen molar-refractivity contribution in [3.05, 3.63) is 35.1 Å². The number of nitrogens with one attached hydrogen (secondary N) is 1. The fourth-order valence-corrected chi connectivity index (χ4v) is 3.97. The van der Waals surface area contributed by atoms with Crippen LogP contribution < -0.4 is 11.1 Å². The van der Waals surface area contributed by atoms with Gasteiger partial charge in [-0.3, -0.25) is 4.79 Å². The number of primary amides is 1. The Kier molecular flexibility index (Phi) is 4.39. The van der Waals surface area contributed by atoms with Gasteiger partial charge in [-0.15, -0.1) is 0 Å². The van der Waals surface area contributed by atoms with E-state index in [4.69, 9.17) is 5.73 Å². The van der Waals surface area contributed by atoms with E-state index in [-0.39, 0.29) is 29.7 Å². The normalized spacial score (nSPS) is 21.6. The van der Waals surface area contributed by atoms with Crippen molar-refractivity contribution in [2.45, 2.75) is 25.4 Å². The molecule has 5 nitrogen and oxygen atoms in total. The van der Waals surface area contributed by atoms with Crippen molar-refractivity contribution in [2.24, 2.45) is 5.73 Å². The van der Waals surface area contributed by atoms with Crippen LogP contribution in [0.25, 0.3) is 0 Å². The molecule has 1 aromatic carbocycles. The van der Waals surface area contributed by atoms with Crippen molar-refractivity contribution in [1.29, 1.82) is 0 Å². The highest BCUT2D eigenvalue weighted by Crippen LogP contribution is 2.14. The summed E-state index contributed by atoms with van der Waals surface area (Å²) < 4.78 is 36.6. The number of carbonyl (C=O) groups excluding carboxylic acids is 1. The number of hydrogen-bond acceptors (Lipinski definition) is 4. The number of halogens is 1. The standard InChI is InChI=1S/C13H17FN2O3S/c14-12-4-3-9(13(15)17)6-10(12)7-16-11-2-1-5-20(18,19)8-11/h3-4,6,11,16H,1-2,5,7-8H2,(H2,15,17). The Bertz CT molecular complexity index is 616. The number of nitrogens with two attached hydrogens (primary N) is 1. The lowest BCUT2D eigenvalue weighted by molar-refractivity contribution is 0.1000. The summed E-state index contributed by atoms with van der Waals surface area (Å²) >= 11 is 0. The molecule has 1 saturated heterocycles. The number of carbonyl (C=O) groups is 1. The Balaban J connectivity index is 2.03. The minimum atomic E-state index is -3.00. The average Bonchev–Trinajstić information content (AvgIpc) is 2.36. The van der Waals surface area contributed by atoms with Crippen molar-refractivity contribution in [2.75, 3.05) is 11.5 Å². The maximum Gasteiger partial charge on any atom is 0.248 e. The fourth-order valence-electron chi connectivity index (χ4n) is 2.30. The molecule has 110 valence electrons. The van der Waals surface area contributed by atoms with Gasteiger partial charge in [0.15, 0.2) is 9.84 Å². The van der Waals surface area contributed by atoms with Gasteiger partial charge in [0.1, 0.15) is 5.82 Å². The van der Waals surface area contributed by atoms with Crippen LogP contribution in [0.5, 0.6) is 0 Å². The number of benzene rings is 1. The van der Waals surface area contributed by atoms with Gasteiger partial charge in [0, 0.05) is 23.7 Å². The van der Waals surface area contributed by atoms with E-state index in [9.17, 15) is 17.6 Å². The molecule has 1 fully saturated rings. The highest BCUT2D eigenvalue weighted by Gasteiger charge is 2.24. The smallest absolute Gasteiger partial charge is 0.248 e. The van der Waals surface area contributed by atoms with Gasteiger partial charge in [0.05, 0.1) is 11.5 Å². The van der Waals surface area contributed by atoms with E-state index in [0.717, 1.165) is 6.42 Å². The molecule has 0 saturated carbocycles. The third-order valence-corrected chi connectivity index (χ3v) is 5.20. The third kappa shape index (κ3) is 3.77. The minimum absolute atomic E-state index is 0.0735. The largest absolute Gasteiger partial charge is 0.366 e. The molecule has 1 heterocycles. The van der Waals surface area contributed by atoms with Crippen molar-refractivity contribution in [3.8, 4) is 0 Å². The lowest BCUT2D eigenvalue weighted by atomic mass is 10.1. The highest BCUT2D eigenvalue weighted by atomic mass is 32.2. The lowest BCUT2D eigenvalue weighted by Gasteiger charge is -2.23. The zero-order valence-corrected chi connectivity index (χ0v) is 11.7. The first-order valence-corrected chi connectivity index (χ1v) is 8.21. The molecule has 1 aromatic rings. The molecular formula is C13H17FN2O3S. The molecule has 20 heavy (non-hydrogen) atoms. The zero-order chi connectivity index (χ0) is 14.8. The molecule has 1 atom stereocenters. The monoisotopic (exact) mass is 300 g/mol. The summed E-state index contributed by atoms with van der Waals surface area (Å²) in [4.78, 5) is 11.1. The first kappa shape index (κ1) is 14.9. The number of hydrogen-bond donors (Lipinski definition) is 2. The van der Waals surface area contributed by atoms with E-state index in [0.29, 0.717) is 12.0 Å². The number of sulfone groups is 1. The Labute approximate surface area is 117 Å². The molecule has 0 spiro atoms. The summed E-state index contributed by atoms with van der Waals surface area (Å²) in [5.41, 5.74) is 5.69. The van der Waals surface area contributed by atoms with Crippen LogP contribution in [0.3, 0.4) is 0 Å². The molecule has 1 aliphatic heterocycles. The highest BCUT2D eigenvalue weighted by molar-refractivity contribution is 7.91. The van der Waals surface area contributed by atoms with Crippen LogP contribution in [0.1, 0.15) is 28.8 Å². The topological polar surface area (TPSA) is 89.3 Å². The second-order valence-electron chi connectivity index (χ2n) is 5.00. The molecule has 1 unspecified atom stereocenters. The van der Waals surface area contributed by atoms with Gasteiger partial charge >= 0.3 is 0 Å². The number of amides is 1. The van der Waals surface area contributed by atoms with Crippen molar-refractivity contribution < 1.29 is 17.6 Å². The van der Waals surface area contributed by atoms with E-state index in [1.54, 1.807) is 0 Å². The summed E-state index contributed by atoms with van der Waals surface area (Å²) in [6.45, 7) is 0.174. The van der Waals surface area contributed by atoms with Crippen LogP contribution >= 0.6 is 0 Å². The second kappa shape index (κ2) is 5.88. The number of rotatable bonds is 4. The minimum Gasteiger partial charge on any atom is -0.366 e. The van der Waals surface area contributed by atoms with Crippen LogP contribution in [0.15, 0.2) is 18.2 Å². The summed E-state index contributed by atoms with van der Waals surface area (Å²) in [5, 5.41) is 3.03. The fraction of sp³-hybridized carbons (Fsp3) is 0.462. The van der Waals surface area contributed by atoms with E-state index in [2.05, 4.69) is 5.32 Å². The molecule has 0 bridgehead atoms. The van der Waals surface area contributed by atoms with E-state index in [1.165, 1.54) is 18.2 Å². The van der Waals surface area contributed by atoms with Gasteiger partial charge in [-0.05, 0) is 31.0 Å². The van der Waals surface area contributed by atoms with Gasteiger partial charge in [-0.2, -0.15) is 0 Å². The zero-order valence-electron chi connectivity index (χ0n) is 10.9. The quantitative estimate of drug-likeness (QED) is 0.852. The van der Waals surface area contributed by atoms with Gasteiger partial charge in [-0.25, -0.2) is 12.8 Å². The Hall–Kier alpha value is -1.47. The van der Waals surface area contributed by atoms with Crippen LogP contribution in [0.4, 0.5) is 4.39 Å². The van der Waals surface area contributed by atoms with Crippen molar-refractivity contribution >= 4 is 15.7 Å². The third-order valence-electron chi connectivity index (χ3n) is 3.37. The van der Waals surface area contributed by atoms with Gasteiger partial charge in [0.25, 0.3) is 0 Å². The SMILES string of the molecule is NC(=O)c1ccc(F)c(CNC2CCCS(=O)(=O)C2)c1. The first-order valence-electron chi connectivity index (χ1n) is 6.39. The van der Waals surface area contributed by atoms with Crippen LogP contribution in [-0.2, 0) is 16.4 Å². The molecule has 3 N–H and O–H groups in total. The molecule has 0 aliphatic carbocycles. The summed E-state index contributed by atoms with van der Waals surface area (Å²) in [5.74, 6) is -0.770. The predicted octanol–water partition coefficient (Wildman–Crippen LogP) is 0.591. The van der Waals surface area contributed by atoms with E-state index in [1.807, 2.05) is 0 Å². The summed E-state index contributed by atoms with van der Waals surface area (Å²) in [6.07, 6.45) is 1.36. The van der Waals surface area contributed by atoms with Crippen LogP contribution in [0, 0.1) is 5.82 Å². The van der Waals surface area contributed by atoms with E-state index < -0.39 is 21.6 Å². The molecule has 1 aliphatic rings. The molecule has 0 aromatic heterocycles. The first-order chi connectivity index (χ1) is 9.37. The average molecular weight is 300 g/mol. The van der Waals surface area contributed by atoms with Gasteiger partial charge in [0.2, 0.25) is 5.91 Å². The predicted molar refractivity (Wildman–Crippen MR) is 73.4 cm³/mol. The maximum absolute atomic E-state index is 13.6.